The van der Waals surface area contributed by atoms with Gasteiger partial charge in [-0.15, -0.1) is 0 Å². The van der Waals surface area contributed by atoms with Gasteiger partial charge < -0.3 is 0 Å². The predicted molar refractivity (Wildman–Crippen MR) is 150 cm³/mol. The summed E-state index contributed by atoms with van der Waals surface area (Å²) < 4.78 is 29.0. The Labute approximate surface area is 222 Å². The topological polar surface area (TPSA) is 70.6 Å². The number of rotatable bonds is 6. The van der Waals surface area contributed by atoms with E-state index in [-0.39, 0.29) is 10.8 Å². The van der Waals surface area contributed by atoms with Crippen LogP contribution in [0.15, 0.2) is 71.6 Å². The Hall–Kier alpha value is -3.07. The first-order chi connectivity index (χ1) is 17.8. The monoisotopic (exact) mass is 533 g/mol. The zero-order valence-electron chi connectivity index (χ0n) is 21.2. The van der Waals surface area contributed by atoms with Gasteiger partial charge >= 0.3 is 0 Å². The van der Waals surface area contributed by atoms with Crippen LogP contribution >= 0.6 is 11.3 Å². The van der Waals surface area contributed by atoms with Crippen molar-refractivity contribution in [2.75, 3.05) is 18.0 Å². The number of fused-ring (bicyclic) bond motifs is 1. The standard InChI is InChI=1S/C29H31N3O3S2/c1-21-18-22(2)27-26(19-21)36-29(30-27)32(20-23-10-6-5-7-11-23)28(33)24-12-14-25(15-13-24)37(34,35)31-16-8-3-4-9-17-31/h5-7,10-15,18-19H,3-4,8-9,16-17,20H2,1-2H3. The highest BCUT2D eigenvalue weighted by Crippen LogP contribution is 2.33. The SMILES string of the molecule is Cc1cc(C)c2nc(N(Cc3ccccc3)C(=O)c3ccc(S(=O)(=O)N4CCCCCC4)cc3)sc2c1. The molecule has 192 valence electrons. The molecule has 5 rings (SSSR count). The number of benzene rings is 3. The number of carbonyl (C=O) groups is 1. The van der Waals surface area contributed by atoms with E-state index < -0.39 is 10.0 Å². The number of amides is 1. The van der Waals surface area contributed by atoms with Crippen molar-refractivity contribution < 1.29 is 13.2 Å². The molecule has 8 heteroatoms. The van der Waals surface area contributed by atoms with Crippen molar-refractivity contribution >= 4 is 42.6 Å². The van der Waals surface area contributed by atoms with Crippen LogP contribution in [-0.2, 0) is 16.6 Å². The number of hydrogen-bond donors (Lipinski definition) is 0. The molecule has 0 radical (unpaired) electrons. The summed E-state index contributed by atoms with van der Waals surface area (Å²) in [6.45, 7) is 5.55. The lowest BCUT2D eigenvalue weighted by molar-refractivity contribution is 0.0985. The quantitative estimate of drug-likeness (QED) is 0.291. The molecule has 1 fully saturated rings. The molecule has 37 heavy (non-hydrogen) atoms. The highest BCUT2D eigenvalue weighted by atomic mass is 32.2. The lowest BCUT2D eigenvalue weighted by atomic mass is 10.1. The summed E-state index contributed by atoms with van der Waals surface area (Å²) in [6, 6.07) is 20.4. The van der Waals surface area contributed by atoms with E-state index in [2.05, 4.69) is 19.1 Å². The van der Waals surface area contributed by atoms with Crippen LogP contribution < -0.4 is 4.90 Å². The van der Waals surface area contributed by atoms with Crippen molar-refractivity contribution in [1.29, 1.82) is 0 Å². The highest BCUT2D eigenvalue weighted by molar-refractivity contribution is 7.89. The van der Waals surface area contributed by atoms with Gasteiger partial charge in [-0.1, -0.05) is 60.6 Å². The molecule has 4 aromatic rings. The zero-order chi connectivity index (χ0) is 26.0. The second-order valence-electron chi connectivity index (χ2n) is 9.64. The van der Waals surface area contributed by atoms with Gasteiger partial charge in [-0.2, -0.15) is 4.31 Å². The van der Waals surface area contributed by atoms with Gasteiger partial charge in [0.1, 0.15) is 0 Å². The Bertz CT molecular complexity index is 1510. The summed E-state index contributed by atoms with van der Waals surface area (Å²) in [6.07, 6.45) is 3.87. The predicted octanol–water partition coefficient (Wildman–Crippen LogP) is 6.32. The molecular weight excluding hydrogens is 502 g/mol. The second-order valence-corrected chi connectivity index (χ2v) is 12.6. The molecule has 0 N–H and O–H groups in total. The van der Waals surface area contributed by atoms with Gasteiger partial charge in [0.05, 0.1) is 21.7 Å². The summed E-state index contributed by atoms with van der Waals surface area (Å²) in [5, 5.41) is 0.624. The fraction of sp³-hybridized carbons (Fsp3) is 0.310. The van der Waals surface area contributed by atoms with Crippen LogP contribution in [0.25, 0.3) is 10.2 Å². The summed E-state index contributed by atoms with van der Waals surface area (Å²) in [4.78, 5) is 20.6. The lowest BCUT2D eigenvalue weighted by Crippen LogP contribution is -2.32. The summed E-state index contributed by atoms with van der Waals surface area (Å²) in [5.74, 6) is -0.212. The Balaban J connectivity index is 1.47. The van der Waals surface area contributed by atoms with Crippen molar-refractivity contribution in [3.8, 4) is 0 Å². The third-order valence-corrected chi connectivity index (χ3v) is 9.72. The minimum atomic E-state index is -3.58. The summed E-state index contributed by atoms with van der Waals surface area (Å²) >= 11 is 1.50. The second kappa shape index (κ2) is 10.7. The first-order valence-electron chi connectivity index (χ1n) is 12.7. The molecule has 0 aliphatic carbocycles. The Morgan fingerprint density at radius 3 is 2.30 bits per heavy atom. The maximum atomic E-state index is 13.8. The van der Waals surface area contributed by atoms with Gasteiger partial charge in [0.15, 0.2) is 5.13 Å². The van der Waals surface area contributed by atoms with Crippen molar-refractivity contribution in [3.63, 3.8) is 0 Å². The van der Waals surface area contributed by atoms with Crippen molar-refractivity contribution in [1.82, 2.24) is 9.29 Å². The first-order valence-corrected chi connectivity index (χ1v) is 14.9. The maximum absolute atomic E-state index is 13.8. The third-order valence-electron chi connectivity index (χ3n) is 6.78. The maximum Gasteiger partial charge on any atom is 0.260 e. The molecule has 1 aliphatic heterocycles. The molecule has 0 spiro atoms. The number of nitrogens with zero attached hydrogens (tertiary/aromatic N) is 3. The number of aromatic nitrogens is 1. The number of hydrogen-bond acceptors (Lipinski definition) is 5. The molecule has 0 unspecified atom stereocenters. The van der Waals surface area contributed by atoms with Crippen LogP contribution in [0.4, 0.5) is 5.13 Å². The van der Waals surface area contributed by atoms with Gasteiger partial charge in [0.2, 0.25) is 10.0 Å². The van der Waals surface area contributed by atoms with E-state index in [0.29, 0.717) is 30.3 Å². The molecular formula is C29H31N3O3S2. The Kier molecular flexibility index (Phi) is 7.42. The summed E-state index contributed by atoms with van der Waals surface area (Å²) in [7, 11) is -3.58. The van der Waals surface area contributed by atoms with Crippen LogP contribution in [0.1, 0.15) is 52.7 Å². The number of carbonyl (C=O) groups excluding carboxylic acids is 1. The molecule has 1 saturated heterocycles. The average molecular weight is 534 g/mol. The van der Waals surface area contributed by atoms with E-state index in [1.54, 1.807) is 33.5 Å². The molecule has 0 saturated carbocycles. The molecule has 0 atom stereocenters. The zero-order valence-corrected chi connectivity index (χ0v) is 22.8. The molecule has 1 aliphatic rings. The van der Waals surface area contributed by atoms with E-state index in [9.17, 15) is 13.2 Å². The molecule has 3 aromatic carbocycles. The van der Waals surface area contributed by atoms with Crippen molar-refractivity contribution in [2.24, 2.45) is 0 Å². The Morgan fingerprint density at radius 2 is 1.62 bits per heavy atom. The molecule has 1 amide bonds. The lowest BCUT2D eigenvalue weighted by Gasteiger charge is -2.21. The number of sulfonamides is 1. The number of thiazole rings is 1. The van der Waals surface area contributed by atoms with E-state index in [1.807, 2.05) is 37.3 Å². The highest BCUT2D eigenvalue weighted by Gasteiger charge is 2.27. The largest absolute Gasteiger partial charge is 0.279 e. The van der Waals surface area contributed by atoms with Crippen LogP contribution in [0, 0.1) is 13.8 Å². The van der Waals surface area contributed by atoms with E-state index in [4.69, 9.17) is 4.98 Å². The van der Waals surface area contributed by atoms with Gasteiger partial charge in [-0.25, -0.2) is 13.4 Å². The molecule has 6 nitrogen and oxygen atoms in total. The normalized spacial score (nSPS) is 15.0. The van der Waals surface area contributed by atoms with Gasteiger partial charge in [-0.3, -0.25) is 9.69 Å². The minimum Gasteiger partial charge on any atom is -0.279 e. The fourth-order valence-corrected chi connectivity index (χ4v) is 7.48. The van der Waals surface area contributed by atoms with E-state index in [0.717, 1.165) is 52.6 Å². The van der Waals surface area contributed by atoms with Gasteiger partial charge in [-0.05, 0) is 73.7 Å². The van der Waals surface area contributed by atoms with Crippen LogP contribution in [0.3, 0.4) is 0 Å². The van der Waals surface area contributed by atoms with Gasteiger partial charge in [0.25, 0.3) is 5.91 Å². The Morgan fingerprint density at radius 1 is 0.946 bits per heavy atom. The van der Waals surface area contributed by atoms with E-state index >= 15 is 0 Å². The minimum absolute atomic E-state index is 0.212. The van der Waals surface area contributed by atoms with E-state index in [1.165, 1.54) is 11.3 Å². The first kappa shape index (κ1) is 25.6. The molecule has 1 aromatic heterocycles. The van der Waals surface area contributed by atoms with Crippen LogP contribution in [0.2, 0.25) is 0 Å². The molecule has 2 heterocycles. The number of anilines is 1. The van der Waals surface area contributed by atoms with Crippen molar-refractivity contribution in [3.05, 3.63) is 89.0 Å². The third kappa shape index (κ3) is 5.46. The van der Waals surface area contributed by atoms with Crippen LogP contribution in [-0.4, -0.2) is 36.7 Å². The van der Waals surface area contributed by atoms with Gasteiger partial charge in [0, 0.05) is 18.7 Å². The average Bonchev–Trinajstić information content (AvgIpc) is 3.12. The smallest absolute Gasteiger partial charge is 0.260 e. The number of aryl methyl sites for hydroxylation is 2. The van der Waals surface area contributed by atoms with Crippen molar-refractivity contribution in [2.45, 2.75) is 51.0 Å². The molecule has 0 bridgehead atoms. The fourth-order valence-electron chi connectivity index (χ4n) is 4.82. The van der Waals surface area contributed by atoms with Crippen LogP contribution in [0.5, 0.6) is 0 Å². The summed E-state index contributed by atoms with van der Waals surface area (Å²) in [5.41, 5.74) is 4.55.